The van der Waals surface area contributed by atoms with Crippen molar-refractivity contribution in [2.24, 2.45) is 5.92 Å². The van der Waals surface area contributed by atoms with Gasteiger partial charge in [-0.2, -0.15) is 0 Å². The number of pyridine rings is 1. The third-order valence-corrected chi connectivity index (χ3v) is 4.05. The van der Waals surface area contributed by atoms with E-state index in [0.717, 1.165) is 18.5 Å². The van der Waals surface area contributed by atoms with Crippen molar-refractivity contribution in [1.82, 2.24) is 9.88 Å². The lowest BCUT2D eigenvalue weighted by atomic mass is 9.88. The normalized spacial score (nSPS) is 21.8. The van der Waals surface area contributed by atoms with E-state index in [4.69, 9.17) is 4.74 Å². The fourth-order valence-corrected chi connectivity index (χ4v) is 2.90. The van der Waals surface area contributed by atoms with Gasteiger partial charge in [0.25, 0.3) is 5.91 Å². The summed E-state index contributed by atoms with van der Waals surface area (Å²) in [5, 5.41) is 2.82. The average molecular weight is 305 g/mol. The van der Waals surface area contributed by atoms with Gasteiger partial charge in [0, 0.05) is 12.7 Å². The molecular formula is C17H27N3O2. The minimum atomic E-state index is -0.132. The van der Waals surface area contributed by atoms with Gasteiger partial charge in [-0.05, 0) is 50.6 Å². The van der Waals surface area contributed by atoms with Crippen LogP contribution in [-0.4, -0.2) is 42.6 Å². The number of ether oxygens (including phenoxy) is 1. The number of carbonyl (C=O) groups excluding carboxylic acids is 1. The van der Waals surface area contributed by atoms with Crippen LogP contribution in [-0.2, 0) is 16.1 Å². The van der Waals surface area contributed by atoms with Gasteiger partial charge in [-0.3, -0.25) is 4.79 Å². The van der Waals surface area contributed by atoms with Crippen LogP contribution in [0.2, 0.25) is 0 Å². The standard InChI is InChI=1S/C17H27N3O2/c1-13-6-4-5-7-15(13)22-12-17(21)19-16-10-14(8-9-18-16)11-20(2)3/h8-10,13,15H,4-7,11-12H2,1-3H3,(H,18,19,21). The van der Waals surface area contributed by atoms with E-state index >= 15 is 0 Å². The van der Waals surface area contributed by atoms with E-state index in [-0.39, 0.29) is 18.6 Å². The molecule has 1 aromatic heterocycles. The summed E-state index contributed by atoms with van der Waals surface area (Å²) in [5.41, 5.74) is 1.12. The minimum Gasteiger partial charge on any atom is -0.368 e. The lowest BCUT2D eigenvalue weighted by Crippen LogP contribution is -2.30. The Morgan fingerprint density at radius 1 is 1.41 bits per heavy atom. The molecule has 1 aliphatic rings. The predicted octanol–water partition coefficient (Wildman–Crippen LogP) is 2.68. The number of rotatable bonds is 6. The van der Waals surface area contributed by atoms with Crippen LogP contribution in [0, 0.1) is 5.92 Å². The van der Waals surface area contributed by atoms with Crippen molar-refractivity contribution in [2.75, 3.05) is 26.0 Å². The van der Waals surface area contributed by atoms with Gasteiger partial charge < -0.3 is 15.0 Å². The molecule has 1 heterocycles. The van der Waals surface area contributed by atoms with Crippen molar-refractivity contribution in [1.29, 1.82) is 0 Å². The first-order valence-electron chi connectivity index (χ1n) is 8.05. The van der Waals surface area contributed by atoms with Crippen LogP contribution in [0.25, 0.3) is 0 Å². The van der Waals surface area contributed by atoms with Crippen LogP contribution in [0.4, 0.5) is 5.82 Å². The maximum atomic E-state index is 12.0. The van der Waals surface area contributed by atoms with Gasteiger partial charge in [0.1, 0.15) is 12.4 Å². The number of anilines is 1. The largest absolute Gasteiger partial charge is 0.368 e. The molecule has 0 radical (unpaired) electrons. The summed E-state index contributed by atoms with van der Waals surface area (Å²) < 4.78 is 5.78. The summed E-state index contributed by atoms with van der Waals surface area (Å²) in [5.74, 6) is 1.00. The molecule has 0 aromatic carbocycles. The van der Waals surface area contributed by atoms with Crippen molar-refractivity contribution in [3.8, 4) is 0 Å². The van der Waals surface area contributed by atoms with Crippen LogP contribution in [0.15, 0.2) is 18.3 Å². The van der Waals surface area contributed by atoms with E-state index < -0.39 is 0 Å². The molecular weight excluding hydrogens is 278 g/mol. The molecule has 0 bridgehead atoms. The molecule has 1 fully saturated rings. The highest BCUT2D eigenvalue weighted by atomic mass is 16.5. The number of hydrogen-bond acceptors (Lipinski definition) is 4. The summed E-state index contributed by atoms with van der Waals surface area (Å²) >= 11 is 0. The molecule has 2 rings (SSSR count). The van der Waals surface area contributed by atoms with E-state index in [1.165, 1.54) is 19.3 Å². The number of hydrogen-bond donors (Lipinski definition) is 1. The number of aromatic nitrogens is 1. The van der Waals surface area contributed by atoms with Crippen molar-refractivity contribution < 1.29 is 9.53 Å². The van der Waals surface area contributed by atoms with E-state index in [2.05, 4.69) is 22.1 Å². The Hall–Kier alpha value is -1.46. The van der Waals surface area contributed by atoms with E-state index in [1.807, 2.05) is 26.2 Å². The monoisotopic (exact) mass is 305 g/mol. The molecule has 1 amide bonds. The number of amides is 1. The molecule has 5 heteroatoms. The molecule has 1 N–H and O–H groups in total. The Kier molecular flexibility index (Phi) is 6.34. The summed E-state index contributed by atoms with van der Waals surface area (Å²) in [7, 11) is 4.02. The first kappa shape index (κ1) is 16.9. The molecule has 2 unspecified atom stereocenters. The molecule has 0 spiro atoms. The molecule has 2 atom stereocenters. The van der Waals surface area contributed by atoms with Crippen molar-refractivity contribution in [3.63, 3.8) is 0 Å². The van der Waals surface area contributed by atoms with Gasteiger partial charge in [-0.1, -0.05) is 19.8 Å². The lowest BCUT2D eigenvalue weighted by Gasteiger charge is -2.28. The molecule has 1 saturated carbocycles. The highest BCUT2D eigenvalue weighted by molar-refractivity contribution is 5.90. The highest BCUT2D eigenvalue weighted by Gasteiger charge is 2.22. The predicted molar refractivity (Wildman–Crippen MR) is 87.6 cm³/mol. The van der Waals surface area contributed by atoms with Crippen LogP contribution in [0.5, 0.6) is 0 Å². The summed E-state index contributed by atoms with van der Waals surface area (Å²) in [6.07, 6.45) is 6.66. The van der Waals surface area contributed by atoms with Gasteiger partial charge in [0.05, 0.1) is 6.10 Å². The molecule has 1 aliphatic carbocycles. The van der Waals surface area contributed by atoms with Crippen LogP contribution < -0.4 is 5.32 Å². The van der Waals surface area contributed by atoms with Gasteiger partial charge in [-0.15, -0.1) is 0 Å². The van der Waals surface area contributed by atoms with Gasteiger partial charge in [0.2, 0.25) is 0 Å². The summed E-state index contributed by atoms with van der Waals surface area (Å²) in [6.45, 7) is 3.13. The van der Waals surface area contributed by atoms with Crippen LogP contribution >= 0.6 is 0 Å². The lowest BCUT2D eigenvalue weighted by molar-refractivity contribution is -0.124. The number of nitrogens with one attached hydrogen (secondary N) is 1. The van der Waals surface area contributed by atoms with Crippen molar-refractivity contribution in [2.45, 2.75) is 45.3 Å². The second-order valence-electron chi connectivity index (χ2n) is 6.45. The van der Waals surface area contributed by atoms with Crippen molar-refractivity contribution >= 4 is 11.7 Å². The highest BCUT2D eigenvalue weighted by Crippen LogP contribution is 2.26. The molecule has 0 saturated heterocycles. The summed E-state index contributed by atoms with van der Waals surface area (Å²) in [4.78, 5) is 18.3. The van der Waals surface area contributed by atoms with Crippen molar-refractivity contribution in [3.05, 3.63) is 23.9 Å². The zero-order chi connectivity index (χ0) is 15.9. The molecule has 122 valence electrons. The van der Waals surface area contributed by atoms with Gasteiger partial charge in [-0.25, -0.2) is 4.98 Å². The van der Waals surface area contributed by atoms with E-state index in [0.29, 0.717) is 11.7 Å². The van der Waals surface area contributed by atoms with Crippen LogP contribution in [0.3, 0.4) is 0 Å². The first-order chi connectivity index (χ1) is 10.5. The second kappa shape index (κ2) is 8.25. The third kappa shape index (κ3) is 5.39. The third-order valence-electron chi connectivity index (χ3n) is 4.05. The Morgan fingerprint density at radius 2 is 2.18 bits per heavy atom. The Morgan fingerprint density at radius 3 is 2.91 bits per heavy atom. The maximum Gasteiger partial charge on any atom is 0.251 e. The first-order valence-corrected chi connectivity index (χ1v) is 8.05. The fourth-order valence-electron chi connectivity index (χ4n) is 2.90. The Balaban J connectivity index is 1.81. The fraction of sp³-hybridized carbons (Fsp3) is 0.647. The van der Waals surface area contributed by atoms with E-state index in [9.17, 15) is 4.79 Å². The zero-order valence-electron chi connectivity index (χ0n) is 13.8. The van der Waals surface area contributed by atoms with Gasteiger partial charge in [0.15, 0.2) is 0 Å². The SMILES string of the molecule is CC1CCCCC1OCC(=O)Nc1cc(CN(C)C)ccn1. The average Bonchev–Trinajstić information content (AvgIpc) is 2.46. The number of carbonyl (C=O) groups is 1. The molecule has 5 nitrogen and oxygen atoms in total. The molecule has 0 aliphatic heterocycles. The maximum absolute atomic E-state index is 12.0. The van der Waals surface area contributed by atoms with Crippen LogP contribution in [0.1, 0.15) is 38.2 Å². The Labute approximate surface area is 133 Å². The second-order valence-corrected chi connectivity index (χ2v) is 6.45. The minimum absolute atomic E-state index is 0.106. The zero-order valence-corrected chi connectivity index (χ0v) is 13.8. The smallest absolute Gasteiger partial charge is 0.251 e. The molecule has 22 heavy (non-hydrogen) atoms. The summed E-state index contributed by atoms with van der Waals surface area (Å²) in [6, 6.07) is 3.86. The van der Waals surface area contributed by atoms with E-state index in [1.54, 1.807) is 6.20 Å². The topological polar surface area (TPSA) is 54.5 Å². The number of nitrogens with zero attached hydrogens (tertiary/aromatic N) is 2. The molecule has 1 aromatic rings. The van der Waals surface area contributed by atoms with Gasteiger partial charge >= 0.3 is 0 Å². The quantitative estimate of drug-likeness (QED) is 0.878. The Bertz CT molecular complexity index is 491.